The maximum absolute atomic E-state index is 12.4. The van der Waals surface area contributed by atoms with Crippen molar-refractivity contribution >= 4 is 47.8 Å². The van der Waals surface area contributed by atoms with Gasteiger partial charge >= 0.3 is 7.60 Å². The van der Waals surface area contributed by atoms with Gasteiger partial charge in [-0.25, -0.2) is 4.98 Å². The van der Waals surface area contributed by atoms with Gasteiger partial charge in [0.2, 0.25) is 0 Å². The van der Waals surface area contributed by atoms with Crippen LogP contribution in [0.4, 0.5) is 0 Å². The van der Waals surface area contributed by atoms with Crippen LogP contribution in [0.1, 0.15) is 13.8 Å². The third-order valence-corrected chi connectivity index (χ3v) is 4.87. The van der Waals surface area contributed by atoms with Gasteiger partial charge in [0.15, 0.2) is 5.44 Å². The number of rotatable bonds is 5. The summed E-state index contributed by atoms with van der Waals surface area (Å²) in [5.74, 6) is 0. The first kappa shape index (κ1) is 15.2. The lowest BCUT2D eigenvalue weighted by molar-refractivity contribution is 0.229. The summed E-state index contributed by atoms with van der Waals surface area (Å²) < 4.78 is 22.6. The molecule has 0 radical (unpaired) electrons. The molecule has 0 aliphatic heterocycles. The average molecular weight is 319 g/mol. The molecule has 0 atom stereocenters. The predicted octanol–water partition coefficient (Wildman–Crippen LogP) is 3.93. The average Bonchev–Trinajstić information content (AvgIpc) is 2.24. The van der Waals surface area contributed by atoms with Crippen LogP contribution in [-0.2, 0) is 13.6 Å². The molecule has 0 aromatic carbocycles. The molecule has 1 rings (SSSR count). The lowest BCUT2D eigenvalue weighted by Crippen LogP contribution is -2.16. The van der Waals surface area contributed by atoms with Crippen LogP contribution in [0, 0.1) is 0 Å². The van der Waals surface area contributed by atoms with E-state index < -0.39 is 7.60 Å². The van der Waals surface area contributed by atoms with E-state index in [4.69, 9.17) is 43.9 Å². The monoisotopic (exact) mass is 317 g/mol. The quantitative estimate of drug-likeness (QED) is 0.609. The second-order valence-corrected chi connectivity index (χ2v) is 6.01. The fraction of sp³-hybridized carbons (Fsp3) is 0.444. The highest BCUT2D eigenvalue weighted by atomic mass is 35.5. The van der Waals surface area contributed by atoms with Gasteiger partial charge < -0.3 is 9.05 Å². The van der Waals surface area contributed by atoms with E-state index >= 15 is 0 Å². The van der Waals surface area contributed by atoms with E-state index in [2.05, 4.69) is 4.98 Å². The van der Waals surface area contributed by atoms with Gasteiger partial charge in [0.05, 0.1) is 23.3 Å². The van der Waals surface area contributed by atoms with Crippen molar-refractivity contribution < 1.29 is 13.6 Å². The minimum atomic E-state index is -3.54. The largest absolute Gasteiger partial charge is 0.381 e. The molecule has 17 heavy (non-hydrogen) atoms. The van der Waals surface area contributed by atoms with Crippen LogP contribution in [0.3, 0.4) is 0 Å². The predicted molar refractivity (Wildman–Crippen MR) is 69.8 cm³/mol. The van der Waals surface area contributed by atoms with Crippen molar-refractivity contribution in [2.75, 3.05) is 13.2 Å². The maximum atomic E-state index is 12.4. The van der Waals surface area contributed by atoms with Gasteiger partial charge in [-0.05, 0) is 19.9 Å². The van der Waals surface area contributed by atoms with Gasteiger partial charge in [-0.2, -0.15) is 0 Å². The highest BCUT2D eigenvalue weighted by Gasteiger charge is 2.32. The van der Waals surface area contributed by atoms with Crippen LogP contribution in [0.2, 0.25) is 15.2 Å². The molecule has 0 fully saturated rings. The van der Waals surface area contributed by atoms with Crippen LogP contribution in [0.5, 0.6) is 0 Å². The van der Waals surface area contributed by atoms with Crippen LogP contribution >= 0.6 is 42.4 Å². The number of hydrogen-bond donors (Lipinski definition) is 0. The SMILES string of the molecule is CCOP(=O)(OCC)c1nc(Cl)c(Cl)cc1Cl. The molecule has 1 heterocycles. The van der Waals surface area contributed by atoms with E-state index in [0.29, 0.717) is 0 Å². The normalized spacial score (nSPS) is 11.8. The Morgan fingerprint density at radius 3 is 2.18 bits per heavy atom. The number of nitrogens with zero attached hydrogens (tertiary/aromatic N) is 1. The molecular weight excluding hydrogens is 307 g/mol. The Kier molecular flexibility index (Phi) is 5.71. The Morgan fingerprint density at radius 2 is 1.71 bits per heavy atom. The molecule has 0 aliphatic rings. The van der Waals surface area contributed by atoms with Crippen LogP contribution in [-0.4, -0.2) is 18.2 Å². The third-order valence-electron chi connectivity index (χ3n) is 1.73. The standard InChI is InChI=1S/C9H11Cl3NO3P/c1-3-15-17(14,16-4-2)9-7(11)5-6(10)8(12)13-9/h5H,3-4H2,1-2H3. The Bertz CT molecular complexity index is 445. The summed E-state index contributed by atoms with van der Waals surface area (Å²) in [7, 11) is -3.54. The first-order valence-electron chi connectivity index (χ1n) is 4.85. The first-order valence-corrected chi connectivity index (χ1v) is 7.53. The van der Waals surface area contributed by atoms with Crippen molar-refractivity contribution in [3.8, 4) is 0 Å². The Labute approximate surface area is 115 Å². The zero-order valence-corrected chi connectivity index (χ0v) is 12.4. The van der Waals surface area contributed by atoms with Gasteiger partial charge in [0.1, 0.15) is 5.15 Å². The molecule has 0 N–H and O–H groups in total. The van der Waals surface area contributed by atoms with Crippen LogP contribution in [0.15, 0.2) is 6.07 Å². The number of hydrogen-bond acceptors (Lipinski definition) is 4. The lowest BCUT2D eigenvalue weighted by atomic mass is 10.5. The molecule has 0 unspecified atom stereocenters. The summed E-state index contributed by atoms with van der Waals surface area (Å²) in [6.45, 7) is 3.79. The van der Waals surface area contributed by atoms with Crippen molar-refractivity contribution in [2.24, 2.45) is 0 Å². The maximum Gasteiger partial charge on any atom is 0.381 e. The molecule has 1 aromatic rings. The molecule has 0 bridgehead atoms. The minimum absolute atomic E-state index is 0.00528. The topological polar surface area (TPSA) is 48.4 Å². The Balaban J connectivity index is 3.28. The van der Waals surface area contributed by atoms with Crippen molar-refractivity contribution in [1.29, 1.82) is 0 Å². The van der Waals surface area contributed by atoms with E-state index in [-0.39, 0.29) is 33.8 Å². The summed E-state index contributed by atoms with van der Waals surface area (Å²) in [5.41, 5.74) is -0.0164. The Morgan fingerprint density at radius 1 is 1.18 bits per heavy atom. The minimum Gasteiger partial charge on any atom is -0.304 e. The third kappa shape index (κ3) is 3.57. The van der Waals surface area contributed by atoms with Crippen LogP contribution in [0.25, 0.3) is 0 Å². The summed E-state index contributed by atoms with van der Waals surface area (Å²) in [6, 6.07) is 1.36. The summed E-state index contributed by atoms with van der Waals surface area (Å²) in [4.78, 5) is 3.87. The van der Waals surface area contributed by atoms with Gasteiger partial charge in [-0.1, -0.05) is 34.8 Å². The molecule has 0 aliphatic carbocycles. The van der Waals surface area contributed by atoms with E-state index in [1.807, 2.05) is 0 Å². The molecule has 4 nitrogen and oxygen atoms in total. The smallest absolute Gasteiger partial charge is 0.304 e. The van der Waals surface area contributed by atoms with Crippen molar-refractivity contribution in [1.82, 2.24) is 4.98 Å². The number of pyridine rings is 1. The fourth-order valence-electron chi connectivity index (χ4n) is 1.13. The number of halogens is 3. The Hall–Kier alpha value is 0.170. The van der Waals surface area contributed by atoms with E-state index in [0.717, 1.165) is 0 Å². The van der Waals surface area contributed by atoms with Gasteiger partial charge in [0, 0.05) is 0 Å². The first-order chi connectivity index (χ1) is 7.94. The molecule has 0 spiro atoms. The fourth-order valence-corrected chi connectivity index (χ4v) is 3.54. The molecular formula is C9H11Cl3NO3P. The summed E-state index contributed by atoms with van der Waals surface area (Å²) in [5, 5.41) is 0.287. The molecule has 1 aromatic heterocycles. The van der Waals surface area contributed by atoms with E-state index in [9.17, 15) is 4.57 Å². The number of aromatic nitrogens is 1. The highest BCUT2D eigenvalue weighted by Crippen LogP contribution is 2.48. The zero-order valence-electron chi connectivity index (χ0n) is 9.24. The van der Waals surface area contributed by atoms with Crippen molar-refractivity contribution in [2.45, 2.75) is 13.8 Å². The highest BCUT2D eigenvalue weighted by molar-refractivity contribution is 7.62. The van der Waals surface area contributed by atoms with E-state index in [1.54, 1.807) is 13.8 Å². The van der Waals surface area contributed by atoms with Gasteiger partial charge in [-0.3, -0.25) is 4.57 Å². The lowest BCUT2D eigenvalue weighted by Gasteiger charge is -2.17. The molecule has 0 saturated heterocycles. The molecule has 0 saturated carbocycles. The molecule has 8 heteroatoms. The van der Waals surface area contributed by atoms with Gasteiger partial charge in [-0.15, -0.1) is 0 Å². The van der Waals surface area contributed by atoms with Gasteiger partial charge in [0.25, 0.3) is 0 Å². The summed E-state index contributed by atoms with van der Waals surface area (Å²) in [6.07, 6.45) is 0. The van der Waals surface area contributed by atoms with Crippen molar-refractivity contribution in [3.05, 3.63) is 21.3 Å². The molecule has 96 valence electrons. The molecule has 0 amide bonds. The second-order valence-electron chi connectivity index (χ2n) is 2.90. The summed E-state index contributed by atoms with van der Waals surface area (Å²) >= 11 is 17.4. The zero-order chi connectivity index (χ0) is 13.1. The van der Waals surface area contributed by atoms with E-state index in [1.165, 1.54) is 6.07 Å². The van der Waals surface area contributed by atoms with Crippen LogP contribution < -0.4 is 5.44 Å². The van der Waals surface area contributed by atoms with Crippen molar-refractivity contribution in [3.63, 3.8) is 0 Å². The second kappa shape index (κ2) is 6.37.